The maximum Gasteiger partial charge on any atom is 0.275 e. The van der Waals surface area contributed by atoms with Crippen molar-refractivity contribution in [3.05, 3.63) is 76.4 Å². The van der Waals surface area contributed by atoms with E-state index in [-0.39, 0.29) is 17.7 Å². The molecule has 0 unspecified atom stereocenters. The second-order valence-corrected chi connectivity index (χ2v) is 10.1. The number of nitrogens with zero attached hydrogens (tertiary/aromatic N) is 3. The van der Waals surface area contributed by atoms with E-state index in [4.69, 9.17) is 4.74 Å². The summed E-state index contributed by atoms with van der Waals surface area (Å²) in [4.78, 5) is 36.9. The molecule has 4 rings (SSSR count). The van der Waals surface area contributed by atoms with E-state index in [1.807, 2.05) is 36.1 Å². The van der Waals surface area contributed by atoms with Gasteiger partial charge in [0.1, 0.15) is 16.5 Å². The number of benzene rings is 1. The number of anilines is 1. The number of aromatic nitrogens is 2. The van der Waals surface area contributed by atoms with Crippen molar-refractivity contribution in [2.75, 3.05) is 31.3 Å². The first-order valence-corrected chi connectivity index (χ1v) is 13.3. The summed E-state index contributed by atoms with van der Waals surface area (Å²) in [6.07, 6.45) is 5.13. The van der Waals surface area contributed by atoms with Crippen LogP contribution in [0.2, 0.25) is 0 Å². The quantitative estimate of drug-likeness (QED) is 0.324. The monoisotopic (exact) mass is 508 g/mol. The zero-order valence-corrected chi connectivity index (χ0v) is 21.5. The van der Waals surface area contributed by atoms with Crippen molar-refractivity contribution in [3.8, 4) is 5.75 Å². The zero-order chi connectivity index (χ0) is 24.8. The number of para-hydroxylation sites is 1. The highest BCUT2D eigenvalue weighted by Crippen LogP contribution is 2.33. The minimum Gasteiger partial charge on any atom is -0.495 e. The molecular formula is C26H28N4O3S2. The third kappa shape index (κ3) is 5.74. The van der Waals surface area contributed by atoms with Crippen LogP contribution in [-0.2, 0) is 0 Å². The molecule has 1 fully saturated rings. The number of carbonyl (C=O) groups excluding carboxylic acids is 2. The first-order chi connectivity index (χ1) is 17.0. The van der Waals surface area contributed by atoms with Crippen LogP contribution in [0.15, 0.2) is 59.6 Å². The Kier molecular flexibility index (Phi) is 8.20. The number of hydrogen-bond donors (Lipinski definition) is 1. The number of thiazole rings is 1. The summed E-state index contributed by atoms with van der Waals surface area (Å²) in [6, 6.07) is 9.26. The van der Waals surface area contributed by atoms with E-state index < -0.39 is 0 Å². The Morgan fingerprint density at radius 1 is 1.29 bits per heavy atom. The molecule has 1 aliphatic heterocycles. The number of thioether (sulfide) groups is 1. The summed E-state index contributed by atoms with van der Waals surface area (Å²) in [5, 5.41) is 6.40. The number of nitrogens with one attached hydrogen (secondary N) is 1. The SMILES string of the molecule is C=CCSc1ncccc1C(=O)N1CCC(c2nc(C(=O)Nc3c(C)cccc3OC)cs2)CC1. The van der Waals surface area contributed by atoms with Gasteiger partial charge in [0.15, 0.2) is 0 Å². The van der Waals surface area contributed by atoms with E-state index in [1.165, 1.54) is 23.1 Å². The summed E-state index contributed by atoms with van der Waals surface area (Å²) >= 11 is 3.01. The lowest BCUT2D eigenvalue weighted by atomic mass is 9.97. The van der Waals surface area contributed by atoms with Crippen LogP contribution in [0.25, 0.3) is 0 Å². The van der Waals surface area contributed by atoms with Gasteiger partial charge in [0.25, 0.3) is 11.8 Å². The molecule has 0 atom stereocenters. The Morgan fingerprint density at radius 2 is 2.09 bits per heavy atom. The maximum atomic E-state index is 13.1. The molecule has 1 N–H and O–H groups in total. The van der Waals surface area contributed by atoms with E-state index in [1.54, 1.807) is 30.8 Å². The van der Waals surface area contributed by atoms with Crippen molar-refractivity contribution < 1.29 is 14.3 Å². The van der Waals surface area contributed by atoms with Crippen molar-refractivity contribution >= 4 is 40.6 Å². The summed E-state index contributed by atoms with van der Waals surface area (Å²) < 4.78 is 5.38. The van der Waals surface area contributed by atoms with Crippen molar-refractivity contribution in [1.82, 2.24) is 14.9 Å². The third-order valence-corrected chi connectivity index (χ3v) is 7.93. The molecule has 0 aliphatic carbocycles. The molecule has 1 aliphatic rings. The molecular weight excluding hydrogens is 480 g/mol. The number of hydrogen-bond acceptors (Lipinski definition) is 7. The van der Waals surface area contributed by atoms with Crippen molar-refractivity contribution in [2.45, 2.75) is 30.7 Å². The van der Waals surface area contributed by atoms with Crippen LogP contribution >= 0.6 is 23.1 Å². The smallest absolute Gasteiger partial charge is 0.275 e. The molecule has 2 amide bonds. The number of aryl methyl sites for hydroxylation is 1. The van der Waals surface area contributed by atoms with E-state index in [0.29, 0.717) is 41.5 Å². The van der Waals surface area contributed by atoms with Gasteiger partial charge in [0, 0.05) is 36.3 Å². The standard InChI is InChI=1S/C26H28N4O3S2/c1-4-15-34-25-19(8-6-12-27-25)26(32)30-13-10-18(11-14-30)24-28-20(16-35-24)23(31)29-22-17(2)7-5-9-21(22)33-3/h4-9,12,16,18H,1,10-11,13-15H2,2-3H3,(H,29,31). The summed E-state index contributed by atoms with van der Waals surface area (Å²) in [7, 11) is 1.58. The van der Waals surface area contributed by atoms with Gasteiger partial charge in [-0.1, -0.05) is 18.2 Å². The van der Waals surface area contributed by atoms with Gasteiger partial charge in [-0.05, 0) is 43.5 Å². The Hall–Kier alpha value is -3.17. The van der Waals surface area contributed by atoms with Crippen LogP contribution in [0, 0.1) is 6.92 Å². The number of rotatable bonds is 8. The molecule has 35 heavy (non-hydrogen) atoms. The number of piperidine rings is 1. The minimum atomic E-state index is -0.256. The highest BCUT2D eigenvalue weighted by Gasteiger charge is 2.28. The fourth-order valence-corrected chi connectivity index (χ4v) is 5.73. The largest absolute Gasteiger partial charge is 0.495 e. The molecule has 7 nitrogen and oxygen atoms in total. The molecule has 0 radical (unpaired) electrons. The van der Waals surface area contributed by atoms with Crippen LogP contribution in [0.3, 0.4) is 0 Å². The maximum absolute atomic E-state index is 13.1. The highest BCUT2D eigenvalue weighted by atomic mass is 32.2. The first-order valence-electron chi connectivity index (χ1n) is 11.4. The van der Waals surface area contributed by atoms with Crippen LogP contribution < -0.4 is 10.1 Å². The van der Waals surface area contributed by atoms with Crippen LogP contribution in [0.1, 0.15) is 50.2 Å². The molecule has 3 aromatic rings. The first kappa shape index (κ1) is 24.9. The Labute approximate surface area is 213 Å². The average Bonchev–Trinajstić information content (AvgIpc) is 3.39. The second-order valence-electron chi connectivity index (χ2n) is 8.20. The fourth-order valence-electron chi connectivity index (χ4n) is 4.03. The van der Waals surface area contributed by atoms with Crippen molar-refractivity contribution in [2.24, 2.45) is 0 Å². The second kappa shape index (κ2) is 11.5. The lowest BCUT2D eigenvalue weighted by molar-refractivity contribution is 0.0708. The van der Waals surface area contributed by atoms with Crippen LogP contribution in [-0.4, -0.2) is 52.6 Å². The zero-order valence-electron chi connectivity index (χ0n) is 19.8. The van der Waals surface area contributed by atoms with Crippen molar-refractivity contribution in [1.29, 1.82) is 0 Å². The van der Waals surface area contributed by atoms with Gasteiger partial charge in [0.05, 0.1) is 23.4 Å². The molecule has 1 saturated heterocycles. The van der Waals surface area contributed by atoms with Crippen LogP contribution in [0.5, 0.6) is 5.75 Å². The molecule has 0 saturated carbocycles. The third-order valence-electron chi connectivity index (χ3n) is 5.92. The number of carbonyl (C=O) groups is 2. The topological polar surface area (TPSA) is 84.4 Å². The van der Waals surface area contributed by atoms with Gasteiger partial charge < -0.3 is 15.0 Å². The minimum absolute atomic E-state index is 0.00879. The fraction of sp³-hybridized carbons (Fsp3) is 0.308. The van der Waals surface area contributed by atoms with Crippen molar-refractivity contribution in [3.63, 3.8) is 0 Å². The highest BCUT2D eigenvalue weighted by molar-refractivity contribution is 7.99. The van der Waals surface area contributed by atoms with Gasteiger partial charge in [0.2, 0.25) is 0 Å². The van der Waals surface area contributed by atoms with Gasteiger partial charge in [-0.15, -0.1) is 29.7 Å². The van der Waals surface area contributed by atoms with Crippen LogP contribution in [0.4, 0.5) is 5.69 Å². The number of likely N-dealkylation sites (tertiary alicyclic amines) is 1. The Balaban J connectivity index is 1.38. The lowest BCUT2D eigenvalue weighted by Gasteiger charge is -2.31. The lowest BCUT2D eigenvalue weighted by Crippen LogP contribution is -2.38. The van der Waals surface area contributed by atoms with Gasteiger partial charge in [-0.2, -0.15) is 0 Å². The number of methoxy groups -OCH3 is 1. The molecule has 9 heteroatoms. The number of amides is 2. The summed E-state index contributed by atoms with van der Waals surface area (Å²) in [5.74, 6) is 1.30. The Bertz CT molecular complexity index is 1220. The number of ether oxygens (including phenoxy) is 1. The summed E-state index contributed by atoms with van der Waals surface area (Å²) in [6.45, 7) is 6.95. The average molecular weight is 509 g/mol. The van der Waals surface area contributed by atoms with Gasteiger partial charge >= 0.3 is 0 Å². The normalized spacial score (nSPS) is 13.9. The molecule has 0 spiro atoms. The van der Waals surface area contributed by atoms with E-state index >= 15 is 0 Å². The van der Waals surface area contributed by atoms with E-state index in [9.17, 15) is 9.59 Å². The molecule has 2 aromatic heterocycles. The molecule has 3 heterocycles. The van der Waals surface area contributed by atoms with E-state index in [2.05, 4.69) is 21.9 Å². The predicted octanol–water partition coefficient (Wildman–Crippen LogP) is 5.41. The Morgan fingerprint density at radius 3 is 2.83 bits per heavy atom. The van der Waals surface area contributed by atoms with E-state index in [0.717, 1.165) is 28.4 Å². The number of pyridine rings is 1. The van der Waals surface area contributed by atoms with Gasteiger partial charge in [-0.3, -0.25) is 9.59 Å². The predicted molar refractivity (Wildman–Crippen MR) is 141 cm³/mol. The molecule has 0 bridgehead atoms. The van der Waals surface area contributed by atoms with Gasteiger partial charge in [-0.25, -0.2) is 9.97 Å². The molecule has 182 valence electrons. The molecule has 1 aromatic carbocycles. The summed E-state index contributed by atoms with van der Waals surface area (Å²) in [5.41, 5.74) is 2.61.